The molecule has 4 aliphatic heterocycles. The molecule has 2 saturated carbocycles. The van der Waals surface area contributed by atoms with Crippen LogP contribution in [0.15, 0.2) is 77.5 Å². The summed E-state index contributed by atoms with van der Waals surface area (Å²) in [6.45, 7) is 3.76. The highest BCUT2D eigenvalue weighted by Gasteiger charge is 2.46. The number of aliphatic hydroxyl groups is 2. The van der Waals surface area contributed by atoms with Gasteiger partial charge in [-0.15, -0.1) is 0 Å². The number of nitrogens with zero attached hydrogens (tertiary/aromatic N) is 6. The molecule has 0 bridgehead atoms. The van der Waals surface area contributed by atoms with Crippen LogP contribution < -0.4 is 29.5 Å². The molecule has 77 heavy (non-hydrogen) atoms. The molecule has 6 aliphatic rings. The topological polar surface area (TPSA) is 220 Å². The fourth-order valence-electron chi connectivity index (χ4n) is 10.5. The van der Waals surface area contributed by atoms with Crippen molar-refractivity contribution in [3.8, 4) is 0 Å². The molecule has 0 atom stereocenters. The van der Waals surface area contributed by atoms with Crippen molar-refractivity contribution in [1.29, 1.82) is 0 Å². The summed E-state index contributed by atoms with van der Waals surface area (Å²) in [6, 6.07) is 18.1. The standard InChI is InChI=1S/C27H34F2N4O4S.C25H28BrF2N3O.C2H7NO3S/c28-27(29)8-13-33(14-9-27)25-18-21(3-10-30-25)24(35)17-20-1-2-22(31-38(36,37)16-15-34)19-23(20)32-11-6-26(4-5-26)7-12-32;26-20-2-1-18(21(17-20)30-11-6-24(4-5-24)7-12-30)15-22(32)19-3-10-29-23(16-19)31-13-8-25(27,28)9-14-31;3-7(5,6)2-1-4/h1-3,10,18-19,31,34H,4-9,11-17H2;1-3,10,16-17H,4-9,11-15H2;4H,1-2H2,(H2,3,5,6). The summed E-state index contributed by atoms with van der Waals surface area (Å²) in [4.78, 5) is 43.5. The van der Waals surface area contributed by atoms with E-state index in [1.54, 1.807) is 53.6 Å². The summed E-state index contributed by atoms with van der Waals surface area (Å²) >= 11 is 3.59. The molecule has 0 amide bonds. The number of hydrogen-bond donors (Lipinski definition) is 4. The van der Waals surface area contributed by atoms with Crippen molar-refractivity contribution < 1.29 is 54.2 Å². The average molecular weight is 1180 g/mol. The normalized spacial score (nSPS) is 20.1. The Kier molecular flexibility index (Phi) is 18.3. The van der Waals surface area contributed by atoms with Crippen LogP contribution in [0.3, 0.4) is 0 Å². The Morgan fingerprint density at radius 3 is 1.35 bits per heavy atom. The Labute approximate surface area is 457 Å². The number of carbonyl (C=O) groups excluding carboxylic acids is 2. The number of carbonyl (C=O) groups is 2. The summed E-state index contributed by atoms with van der Waals surface area (Å²) in [6.07, 6.45) is 12.6. The van der Waals surface area contributed by atoms with Crippen LogP contribution in [0.1, 0.15) is 109 Å². The van der Waals surface area contributed by atoms with Crippen LogP contribution in [0.5, 0.6) is 0 Å². The molecule has 6 heterocycles. The number of Topliss-reactive ketones (excluding diaryl/α,β-unsaturated/α-hetero) is 2. The lowest BCUT2D eigenvalue weighted by Crippen LogP contribution is -2.39. The summed E-state index contributed by atoms with van der Waals surface area (Å²) in [5.74, 6) is -4.99. The predicted molar refractivity (Wildman–Crippen MR) is 294 cm³/mol. The largest absolute Gasteiger partial charge is 0.395 e. The van der Waals surface area contributed by atoms with E-state index in [-0.39, 0.29) is 75.6 Å². The maximum Gasteiger partial charge on any atom is 0.251 e. The summed E-state index contributed by atoms with van der Waals surface area (Å²) in [5, 5.41) is 21.5. The van der Waals surface area contributed by atoms with E-state index in [4.69, 9.17) is 10.2 Å². The van der Waals surface area contributed by atoms with Gasteiger partial charge in [-0.1, -0.05) is 28.1 Å². The monoisotopic (exact) mass is 1180 g/mol. The summed E-state index contributed by atoms with van der Waals surface area (Å²) in [7, 11) is -7.11. The molecule has 4 saturated heterocycles. The zero-order chi connectivity index (χ0) is 55.2. The van der Waals surface area contributed by atoms with E-state index in [0.29, 0.717) is 45.7 Å². The number of rotatable bonds is 16. The zero-order valence-corrected chi connectivity index (χ0v) is 46.3. The minimum atomic E-state index is -3.69. The van der Waals surface area contributed by atoms with Gasteiger partial charge < -0.3 is 29.8 Å². The number of nitrogens with two attached hydrogens (primary N) is 1. The number of halogens is 5. The van der Waals surface area contributed by atoms with E-state index >= 15 is 0 Å². The number of anilines is 5. The first-order valence-corrected chi connectivity index (χ1v) is 30.5. The fourth-order valence-corrected chi connectivity index (χ4v) is 12.0. The number of benzene rings is 2. The SMILES string of the molecule is NS(=O)(=O)CCO.O=C(Cc1ccc(Br)cc1N1CCC2(CC1)CC2)c1ccnc(N2CCC(F)(F)CC2)c1.O=C(Cc1ccc(NS(=O)(=O)CCO)cc1N1CCC2(CC1)CC2)c1ccnc(N2CCC(F)(F)CC2)c1. The van der Waals surface area contributed by atoms with Crippen molar-refractivity contribution in [2.75, 3.05) is 101 Å². The predicted octanol–water partition coefficient (Wildman–Crippen LogP) is 8.01. The second-order valence-electron chi connectivity index (χ2n) is 21.5. The van der Waals surface area contributed by atoms with E-state index in [2.05, 4.69) is 51.6 Å². The van der Waals surface area contributed by atoms with Crippen LogP contribution in [0.25, 0.3) is 0 Å². The molecular weight excluding hydrogens is 1110 g/mol. The lowest BCUT2D eigenvalue weighted by molar-refractivity contribution is -0.0227. The zero-order valence-electron chi connectivity index (χ0n) is 43.1. The van der Waals surface area contributed by atoms with Gasteiger partial charge in [-0.05, 0) is 122 Å². The van der Waals surface area contributed by atoms with Crippen LogP contribution in [-0.2, 0) is 32.9 Å². The Morgan fingerprint density at radius 1 is 0.558 bits per heavy atom. The molecule has 23 heteroatoms. The minimum absolute atomic E-state index is 0.0234. The van der Waals surface area contributed by atoms with Gasteiger partial charge in [0, 0.05) is 130 Å². The number of primary sulfonamides is 1. The Bertz CT molecular complexity index is 2950. The lowest BCUT2D eigenvalue weighted by Gasteiger charge is -2.35. The van der Waals surface area contributed by atoms with Crippen LogP contribution >= 0.6 is 15.9 Å². The number of sulfonamides is 2. The van der Waals surface area contributed by atoms with Crippen molar-refractivity contribution in [2.24, 2.45) is 16.0 Å². The molecule has 4 aromatic rings. The summed E-state index contributed by atoms with van der Waals surface area (Å²) < 4.78 is 102. The van der Waals surface area contributed by atoms with Crippen molar-refractivity contribution >= 4 is 76.2 Å². The Balaban J connectivity index is 0.000000183. The number of aromatic nitrogens is 2. The average Bonchev–Trinajstić information content (AvgIpc) is 4.33. The summed E-state index contributed by atoms with van der Waals surface area (Å²) in [5.41, 5.74) is 6.27. The van der Waals surface area contributed by atoms with Gasteiger partial charge in [0.15, 0.2) is 11.6 Å². The highest BCUT2D eigenvalue weighted by molar-refractivity contribution is 9.10. The molecule has 0 unspecified atom stereocenters. The van der Waals surface area contributed by atoms with E-state index in [9.17, 15) is 44.0 Å². The highest BCUT2D eigenvalue weighted by atomic mass is 79.9. The van der Waals surface area contributed by atoms with Crippen molar-refractivity contribution in [3.05, 3.63) is 99.8 Å². The first-order valence-electron chi connectivity index (χ1n) is 26.3. The van der Waals surface area contributed by atoms with Gasteiger partial charge >= 0.3 is 0 Å². The van der Waals surface area contributed by atoms with Crippen LogP contribution in [0.2, 0.25) is 0 Å². The molecule has 10 rings (SSSR count). The number of hydrogen-bond acceptors (Lipinski definition) is 14. The van der Waals surface area contributed by atoms with Crippen molar-refractivity contribution in [3.63, 3.8) is 0 Å². The van der Waals surface area contributed by atoms with Gasteiger partial charge in [-0.25, -0.2) is 49.5 Å². The molecule has 16 nitrogen and oxygen atoms in total. The number of nitrogens with one attached hydrogen (secondary N) is 1. The van der Waals surface area contributed by atoms with Gasteiger partial charge in [-0.3, -0.25) is 14.3 Å². The number of ketones is 2. The van der Waals surface area contributed by atoms with Crippen molar-refractivity contribution in [1.82, 2.24) is 9.97 Å². The van der Waals surface area contributed by atoms with Crippen LogP contribution in [-0.4, -0.2) is 138 Å². The van der Waals surface area contributed by atoms with Crippen molar-refractivity contribution in [2.45, 2.75) is 102 Å². The van der Waals surface area contributed by atoms with E-state index in [1.165, 1.54) is 44.7 Å². The first kappa shape index (κ1) is 58.2. The second-order valence-corrected chi connectivity index (χ2v) is 26.0. The molecule has 0 radical (unpaired) electrons. The van der Waals surface area contributed by atoms with Gasteiger partial charge in [-0.2, -0.15) is 0 Å². The Morgan fingerprint density at radius 2 is 0.961 bits per heavy atom. The minimum Gasteiger partial charge on any atom is -0.395 e. The van der Waals surface area contributed by atoms with E-state index < -0.39 is 50.9 Å². The third-order valence-electron chi connectivity index (χ3n) is 15.9. The van der Waals surface area contributed by atoms with Gasteiger partial charge in [0.25, 0.3) is 11.8 Å². The van der Waals surface area contributed by atoms with E-state index in [1.807, 2.05) is 17.0 Å². The van der Waals surface area contributed by atoms with E-state index in [0.717, 1.165) is 66.0 Å². The maximum atomic E-state index is 13.6. The Hall–Kier alpha value is -4.94. The number of alkyl halides is 4. The molecular formula is C54H69BrF4N8O8S2. The molecule has 2 aliphatic carbocycles. The quantitative estimate of drug-likeness (QED) is 0.0617. The number of piperidine rings is 4. The van der Waals surface area contributed by atoms with Gasteiger partial charge in [0.2, 0.25) is 20.0 Å². The molecule has 2 aromatic carbocycles. The first-order chi connectivity index (χ1) is 36.5. The number of aliphatic hydroxyl groups excluding tert-OH is 2. The molecule has 420 valence electrons. The lowest BCUT2D eigenvalue weighted by atomic mass is 9.92. The molecule has 5 N–H and O–H groups in total. The highest BCUT2D eigenvalue weighted by Crippen LogP contribution is 2.55. The van der Waals surface area contributed by atoms with Crippen LogP contribution in [0, 0.1) is 10.8 Å². The van der Waals surface area contributed by atoms with Gasteiger partial charge in [0.1, 0.15) is 11.6 Å². The smallest absolute Gasteiger partial charge is 0.251 e. The molecule has 2 spiro atoms. The van der Waals surface area contributed by atoms with Gasteiger partial charge in [0.05, 0.1) is 30.4 Å². The van der Waals surface area contributed by atoms with Crippen LogP contribution in [0.4, 0.5) is 46.3 Å². The molecule has 2 aromatic heterocycles. The third-order valence-corrected chi connectivity index (χ3v) is 18.4. The second kappa shape index (κ2) is 24.2. The third kappa shape index (κ3) is 16.3. The molecule has 6 fully saturated rings. The fraction of sp³-hybridized carbons (Fsp3) is 0.556. The number of pyridine rings is 2. The maximum absolute atomic E-state index is 13.6.